The summed E-state index contributed by atoms with van der Waals surface area (Å²) in [6.07, 6.45) is 4.39. The zero-order valence-corrected chi connectivity index (χ0v) is 10.0. The number of H-pyrrole nitrogens is 1. The highest BCUT2D eigenvalue weighted by molar-refractivity contribution is 7.16. The first kappa shape index (κ1) is 10.2. The number of benzene rings is 1. The molecule has 0 radical (unpaired) electrons. The van der Waals surface area contributed by atoms with E-state index in [-0.39, 0.29) is 0 Å². The summed E-state index contributed by atoms with van der Waals surface area (Å²) in [4.78, 5) is 18.8. The van der Waals surface area contributed by atoms with Gasteiger partial charge < -0.3 is 4.98 Å². The molecule has 1 N–H and O–H groups in total. The second-order valence-corrected chi connectivity index (χ2v) is 5.00. The van der Waals surface area contributed by atoms with Gasteiger partial charge in [0.05, 0.1) is 4.88 Å². The van der Waals surface area contributed by atoms with Crippen molar-refractivity contribution in [3.63, 3.8) is 0 Å². The van der Waals surface area contributed by atoms with E-state index < -0.39 is 0 Å². The average Bonchev–Trinajstić information content (AvgIpc) is 2.93. The van der Waals surface area contributed by atoms with E-state index in [1.807, 2.05) is 6.20 Å². The van der Waals surface area contributed by atoms with Crippen LogP contribution in [-0.2, 0) is 0 Å². The van der Waals surface area contributed by atoms with Crippen LogP contribution in [0.3, 0.4) is 0 Å². The molecule has 0 saturated heterocycles. The second kappa shape index (κ2) is 3.82. The fourth-order valence-electron chi connectivity index (χ4n) is 1.88. The Morgan fingerprint density at radius 1 is 1.41 bits per heavy atom. The normalized spacial score (nSPS) is 10.9. The van der Waals surface area contributed by atoms with Crippen LogP contribution in [0, 0.1) is 6.92 Å². The molecule has 0 atom stereocenters. The Balaban J connectivity index is 2.20. The van der Waals surface area contributed by atoms with Gasteiger partial charge in [-0.05, 0) is 18.6 Å². The number of carbonyl (C=O) groups excluding carboxylic acids is 1. The van der Waals surface area contributed by atoms with Gasteiger partial charge in [0, 0.05) is 28.9 Å². The van der Waals surface area contributed by atoms with E-state index in [1.54, 1.807) is 6.20 Å². The van der Waals surface area contributed by atoms with Crippen LogP contribution >= 0.6 is 11.3 Å². The van der Waals surface area contributed by atoms with Crippen molar-refractivity contribution in [2.24, 2.45) is 0 Å². The van der Waals surface area contributed by atoms with Crippen molar-refractivity contribution in [1.29, 1.82) is 0 Å². The molecule has 0 aliphatic carbocycles. The molecule has 2 aromatic heterocycles. The standard InChI is InChI=1S/C13H10N2OS/c1-8-2-3-10-11(6-14-12(10)4-8)13-15-5-9(7-16)17-13/h2-7,14H,1H3. The van der Waals surface area contributed by atoms with Crippen LogP contribution in [0.1, 0.15) is 15.2 Å². The second-order valence-electron chi connectivity index (χ2n) is 3.94. The minimum atomic E-state index is 0.654. The van der Waals surface area contributed by atoms with Crippen LogP contribution < -0.4 is 0 Å². The average molecular weight is 242 g/mol. The van der Waals surface area contributed by atoms with Gasteiger partial charge in [-0.1, -0.05) is 12.1 Å². The van der Waals surface area contributed by atoms with Crippen molar-refractivity contribution in [2.75, 3.05) is 0 Å². The van der Waals surface area contributed by atoms with Gasteiger partial charge in [0.1, 0.15) is 5.01 Å². The minimum absolute atomic E-state index is 0.654. The van der Waals surface area contributed by atoms with Crippen LogP contribution in [0.4, 0.5) is 0 Å². The highest BCUT2D eigenvalue weighted by atomic mass is 32.1. The third-order valence-corrected chi connectivity index (χ3v) is 3.66. The summed E-state index contributed by atoms with van der Waals surface area (Å²) in [5.74, 6) is 0. The van der Waals surface area contributed by atoms with Gasteiger partial charge in [0.2, 0.25) is 0 Å². The molecule has 0 aliphatic heterocycles. The first-order chi connectivity index (χ1) is 8.28. The number of thiazole rings is 1. The molecule has 0 amide bonds. The fourth-order valence-corrected chi connectivity index (χ4v) is 2.64. The van der Waals surface area contributed by atoms with Crippen molar-refractivity contribution in [3.8, 4) is 10.6 Å². The van der Waals surface area contributed by atoms with E-state index in [9.17, 15) is 4.79 Å². The molecule has 0 aliphatic rings. The number of fused-ring (bicyclic) bond motifs is 1. The Kier molecular flexibility index (Phi) is 2.30. The zero-order chi connectivity index (χ0) is 11.8. The molecule has 2 heterocycles. The lowest BCUT2D eigenvalue weighted by Gasteiger charge is -1.95. The predicted molar refractivity (Wildman–Crippen MR) is 69.5 cm³/mol. The summed E-state index contributed by atoms with van der Waals surface area (Å²) in [5, 5.41) is 2.02. The number of nitrogens with one attached hydrogen (secondary N) is 1. The van der Waals surface area contributed by atoms with Crippen LogP contribution in [0.5, 0.6) is 0 Å². The summed E-state index contributed by atoms with van der Waals surface area (Å²) >= 11 is 1.41. The van der Waals surface area contributed by atoms with Gasteiger partial charge in [0.25, 0.3) is 0 Å². The highest BCUT2D eigenvalue weighted by Crippen LogP contribution is 2.31. The zero-order valence-electron chi connectivity index (χ0n) is 9.23. The van der Waals surface area contributed by atoms with Gasteiger partial charge in [-0.25, -0.2) is 4.98 Å². The van der Waals surface area contributed by atoms with Gasteiger partial charge in [-0.15, -0.1) is 11.3 Å². The number of hydrogen-bond donors (Lipinski definition) is 1. The quantitative estimate of drug-likeness (QED) is 0.700. The molecule has 1 aromatic carbocycles. The maximum Gasteiger partial charge on any atom is 0.161 e. The first-order valence-corrected chi connectivity index (χ1v) is 6.08. The number of aldehydes is 1. The molecule has 3 aromatic rings. The minimum Gasteiger partial charge on any atom is -0.360 e. The summed E-state index contributed by atoms with van der Waals surface area (Å²) in [7, 11) is 0. The van der Waals surface area contributed by atoms with Gasteiger partial charge in [-0.2, -0.15) is 0 Å². The number of aryl methyl sites for hydroxylation is 1. The van der Waals surface area contributed by atoms with E-state index in [2.05, 4.69) is 35.1 Å². The van der Waals surface area contributed by atoms with Gasteiger partial charge in [-0.3, -0.25) is 4.79 Å². The summed E-state index contributed by atoms with van der Waals surface area (Å²) in [5.41, 5.74) is 3.37. The van der Waals surface area contributed by atoms with Gasteiger partial charge in [0.15, 0.2) is 6.29 Å². The fraction of sp³-hybridized carbons (Fsp3) is 0.0769. The molecular formula is C13H10N2OS. The molecule has 84 valence electrons. The largest absolute Gasteiger partial charge is 0.360 e. The molecular weight excluding hydrogens is 232 g/mol. The summed E-state index contributed by atoms with van der Waals surface area (Å²) in [6, 6.07) is 6.26. The molecule has 0 saturated carbocycles. The molecule has 0 bridgehead atoms. The van der Waals surface area contributed by atoms with Crippen molar-refractivity contribution in [2.45, 2.75) is 6.92 Å². The van der Waals surface area contributed by atoms with Crippen molar-refractivity contribution in [3.05, 3.63) is 41.0 Å². The summed E-state index contributed by atoms with van der Waals surface area (Å²) < 4.78 is 0. The predicted octanol–water partition coefficient (Wildman–Crippen LogP) is 3.41. The maximum absolute atomic E-state index is 10.7. The molecule has 0 fully saturated rings. The molecule has 17 heavy (non-hydrogen) atoms. The Morgan fingerprint density at radius 2 is 2.29 bits per heavy atom. The van der Waals surface area contributed by atoms with Crippen LogP contribution in [-0.4, -0.2) is 16.3 Å². The lowest BCUT2D eigenvalue weighted by Crippen LogP contribution is -1.74. The third kappa shape index (κ3) is 1.66. The van der Waals surface area contributed by atoms with E-state index in [1.165, 1.54) is 16.9 Å². The number of aromatic amines is 1. The topological polar surface area (TPSA) is 45.8 Å². The van der Waals surface area contributed by atoms with Crippen LogP contribution in [0.15, 0.2) is 30.6 Å². The van der Waals surface area contributed by atoms with Crippen molar-refractivity contribution >= 4 is 28.5 Å². The number of rotatable bonds is 2. The van der Waals surface area contributed by atoms with E-state index in [0.29, 0.717) is 4.88 Å². The molecule has 3 nitrogen and oxygen atoms in total. The molecule has 0 unspecified atom stereocenters. The Bertz CT molecular complexity index is 696. The van der Waals surface area contributed by atoms with Crippen LogP contribution in [0.25, 0.3) is 21.5 Å². The van der Waals surface area contributed by atoms with Crippen molar-refractivity contribution < 1.29 is 4.79 Å². The highest BCUT2D eigenvalue weighted by Gasteiger charge is 2.09. The van der Waals surface area contributed by atoms with Crippen molar-refractivity contribution in [1.82, 2.24) is 9.97 Å². The number of hydrogen-bond acceptors (Lipinski definition) is 3. The van der Waals surface area contributed by atoms with Gasteiger partial charge >= 0.3 is 0 Å². The Labute approximate surface area is 102 Å². The molecule has 0 spiro atoms. The molecule has 3 rings (SSSR count). The van der Waals surface area contributed by atoms with E-state index in [4.69, 9.17) is 0 Å². The van der Waals surface area contributed by atoms with E-state index >= 15 is 0 Å². The Morgan fingerprint density at radius 3 is 3.06 bits per heavy atom. The van der Waals surface area contributed by atoms with Crippen LogP contribution in [0.2, 0.25) is 0 Å². The SMILES string of the molecule is Cc1ccc2c(-c3ncc(C=O)s3)c[nH]c2c1. The number of carbonyl (C=O) groups is 1. The summed E-state index contributed by atoms with van der Waals surface area (Å²) in [6.45, 7) is 2.06. The third-order valence-electron chi connectivity index (χ3n) is 2.71. The smallest absolute Gasteiger partial charge is 0.161 e. The maximum atomic E-state index is 10.7. The van der Waals surface area contributed by atoms with E-state index in [0.717, 1.165) is 27.8 Å². The molecule has 4 heteroatoms. The lowest BCUT2D eigenvalue weighted by atomic mass is 10.1. The monoisotopic (exact) mass is 242 g/mol. The lowest BCUT2D eigenvalue weighted by molar-refractivity contribution is 0.112. The first-order valence-electron chi connectivity index (χ1n) is 5.27. The Hall–Kier alpha value is -1.94. The number of aromatic nitrogens is 2. The number of nitrogens with zero attached hydrogens (tertiary/aromatic N) is 1.